The summed E-state index contributed by atoms with van der Waals surface area (Å²) in [6.45, 7) is 18.7. The van der Waals surface area contributed by atoms with Crippen molar-refractivity contribution in [3.05, 3.63) is 88.3 Å². The van der Waals surface area contributed by atoms with E-state index >= 15 is 0 Å². The number of amides is 1. The van der Waals surface area contributed by atoms with Crippen LogP contribution in [-0.2, 0) is 30.5 Å². The molecule has 5 aromatic heterocycles. The summed E-state index contributed by atoms with van der Waals surface area (Å²) in [5.74, 6) is 2.44. The molecule has 0 bridgehead atoms. The molecule has 0 fully saturated rings. The Hall–Kier alpha value is -2.81. The van der Waals surface area contributed by atoms with Gasteiger partial charge in [0.1, 0.15) is 0 Å². The number of nitrogens with one attached hydrogen (secondary N) is 1. The Morgan fingerprint density at radius 1 is 0.520 bits per heavy atom. The van der Waals surface area contributed by atoms with Crippen LogP contribution in [-0.4, -0.2) is 6.41 Å². The highest BCUT2D eigenvalue weighted by Crippen LogP contribution is 2.50. The third-order valence-corrected chi connectivity index (χ3v) is 14.9. The second-order valence-corrected chi connectivity index (χ2v) is 20.3. The van der Waals surface area contributed by atoms with E-state index in [9.17, 15) is 4.79 Å². The molecule has 0 atom stereocenters. The average molecular weight is 756 g/mol. The van der Waals surface area contributed by atoms with Gasteiger partial charge in [0, 0.05) is 49.6 Å². The molecular weight excluding hydrogens is 707 g/mol. The summed E-state index contributed by atoms with van der Waals surface area (Å²) in [7, 11) is 0. The van der Waals surface area contributed by atoms with Crippen molar-refractivity contribution < 1.29 is 4.79 Å². The predicted octanol–water partition coefficient (Wildman–Crippen LogP) is 14.7. The molecule has 5 heterocycles. The van der Waals surface area contributed by atoms with Gasteiger partial charge < -0.3 is 5.32 Å². The van der Waals surface area contributed by atoms with Gasteiger partial charge in [-0.25, -0.2) is 0 Å². The van der Waals surface area contributed by atoms with Crippen LogP contribution < -0.4 is 5.32 Å². The topological polar surface area (TPSA) is 29.1 Å². The van der Waals surface area contributed by atoms with E-state index in [-0.39, 0.29) is 0 Å². The van der Waals surface area contributed by atoms with E-state index in [1.54, 1.807) is 0 Å². The minimum absolute atomic E-state index is 0.577. The number of hydrogen-bond donors (Lipinski definition) is 1. The van der Waals surface area contributed by atoms with Crippen LogP contribution in [0.15, 0.2) is 66.0 Å². The standard InChI is InChI=1S/C43H49NOS5/c1-25(2)15-29-19-38(46-23-29)41-32(17-27(5)6)21-40(49-41)43-33(18-28(7)8)22-39(50-43)42-31(16-26(3)4)20-37(48-42)36-14-13-35(47-36)30-9-11-34(12-10-30)44-24-45/h9-14,19-28H,15-18H2,1-8H3,(H,44,45). The molecule has 0 saturated heterocycles. The van der Waals surface area contributed by atoms with Crippen molar-refractivity contribution in [2.24, 2.45) is 23.7 Å². The Morgan fingerprint density at radius 2 is 1.00 bits per heavy atom. The fourth-order valence-electron chi connectivity index (χ4n) is 6.53. The Kier molecular flexibility index (Phi) is 12.0. The number of rotatable bonds is 15. The minimum atomic E-state index is 0.577. The fraction of sp³-hybridized carbons (Fsp3) is 0.372. The van der Waals surface area contributed by atoms with Gasteiger partial charge in [-0.05, 0) is 131 Å². The van der Waals surface area contributed by atoms with E-state index in [0.717, 1.165) is 37.8 Å². The average Bonchev–Trinajstić information content (AvgIpc) is 3.87. The van der Waals surface area contributed by atoms with Crippen LogP contribution in [0, 0.1) is 23.7 Å². The number of anilines is 1. The number of thiophene rings is 5. The van der Waals surface area contributed by atoms with Crippen molar-refractivity contribution in [2.75, 3.05) is 5.32 Å². The lowest BCUT2D eigenvalue weighted by molar-refractivity contribution is -0.105. The van der Waals surface area contributed by atoms with Crippen LogP contribution in [0.4, 0.5) is 5.69 Å². The van der Waals surface area contributed by atoms with Crippen molar-refractivity contribution in [2.45, 2.75) is 81.1 Å². The monoisotopic (exact) mass is 755 g/mol. The Bertz CT molecular complexity index is 2020. The molecule has 0 aliphatic carbocycles. The predicted molar refractivity (Wildman–Crippen MR) is 227 cm³/mol. The summed E-state index contributed by atoms with van der Waals surface area (Å²) < 4.78 is 0. The zero-order valence-corrected chi connectivity index (χ0v) is 34.6. The van der Waals surface area contributed by atoms with Crippen LogP contribution in [0.1, 0.15) is 77.6 Å². The van der Waals surface area contributed by atoms with Gasteiger partial charge in [0.05, 0.1) is 0 Å². The van der Waals surface area contributed by atoms with Gasteiger partial charge in [0.2, 0.25) is 6.41 Å². The highest BCUT2D eigenvalue weighted by Gasteiger charge is 2.23. The highest BCUT2D eigenvalue weighted by atomic mass is 32.1. The molecule has 50 heavy (non-hydrogen) atoms. The smallest absolute Gasteiger partial charge is 0.211 e. The van der Waals surface area contributed by atoms with Crippen molar-refractivity contribution in [3.8, 4) is 49.5 Å². The molecule has 0 spiro atoms. The molecule has 0 aliphatic rings. The highest BCUT2D eigenvalue weighted by molar-refractivity contribution is 7.30. The first kappa shape index (κ1) is 37.0. The summed E-state index contributed by atoms with van der Waals surface area (Å²) in [6, 6.07) is 22.6. The molecule has 1 aromatic carbocycles. The second kappa shape index (κ2) is 16.2. The molecule has 1 amide bonds. The lowest BCUT2D eigenvalue weighted by atomic mass is 9.99. The van der Waals surface area contributed by atoms with E-state index < -0.39 is 0 Å². The van der Waals surface area contributed by atoms with E-state index in [1.807, 2.05) is 68.8 Å². The lowest BCUT2D eigenvalue weighted by Crippen LogP contribution is -1.94. The van der Waals surface area contributed by atoms with E-state index in [1.165, 1.54) is 71.7 Å². The molecule has 7 heteroatoms. The number of carbonyl (C=O) groups excluding carboxylic acids is 1. The van der Waals surface area contributed by atoms with E-state index in [0.29, 0.717) is 23.7 Å². The van der Waals surface area contributed by atoms with Crippen LogP contribution >= 0.6 is 56.7 Å². The van der Waals surface area contributed by atoms with Gasteiger partial charge in [-0.2, -0.15) is 0 Å². The molecule has 1 N–H and O–H groups in total. The normalized spacial score (nSPS) is 11.9. The van der Waals surface area contributed by atoms with Crippen molar-refractivity contribution >= 4 is 68.8 Å². The van der Waals surface area contributed by atoms with Gasteiger partial charge >= 0.3 is 0 Å². The SMILES string of the molecule is CC(C)Cc1csc(-c2sc(-c3sc(-c4sc(-c5ccc(-c6ccc(NC=O)cc6)s5)cc4CC(C)C)cc3CC(C)C)cc2CC(C)C)c1. The summed E-state index contributed by atoms with van der Waals surface area (Å²) in [5.41, 5.74) is 7.91. The fourth-order valence-corrected chi connectivity index (χ4v) is 12.5. The maximum atomic E-state index is 10.9. The number of hydrogen-bond acceptors (Lipinski definition) is 6. The third-order valence-electron chi connectivity index (χ3n) is 8.52. The van der Waals surface area contributed by atoms with Gasteiger partial charge in [-0.3, -0.25) is 4.79 Å². The summed E-state index contributed by atoms with van der Waals surface area (Å²) in [6.07, 6.45) is 5.13. The maximum Gasteiger partial charge on any atom is 0.211 e. The molecule has 6 aromatic rings. The molecule has 0 unspecified atom stereocenters. The number of carbonyl (C=O) groups is 1. The first-order chi connectivity index (χ1) is 24.0. The molecule has 0 aliphatic heterocycles. The zero-order chi connectivity index (χ0) is 35.5. The molecule has 0 radical (unpaired) electrons. The van der Waals surface area contributed by atoms with E-state index in [2.05, 4.69) is 115 Å². The summed E-state index contributed by atoms with van der Waals surface area (Å²) in [4.78, 5) is 23.4. The Labute approximate surface area is 319 Å². The molecule has 2 nitrogen and oxygen atoms in total. The zero-order valence-electron chi connectivity index (χ0n) is 30.5. The second-order valence-electron chi connectivity index (χ2n) is 15.1. The number of benzene rings is 1. The first-order valence-corrected chi connectivity index (χ1v) is 22.0. The summed E-state index contributed by atoms with van der Waals surface area (Å²) in [5, 5.41) is 5.12. The third kappa shape index (κ3) is 8.79. The molecular formula is C43H49NOS5. The van der Waals surface area contributed by atoms with Gasteiger partial charge in [-0.15, -0.1) is 56.7 Å². The molecule has 6 rings (SSSR count). The van der Waals surface area contributed by atoms with Crippen molar-refractivity contribution in [1.29, 1.82) is 0 Å². The quantitative estimate of drug-likeness (QED) is 0.104. The van der Waals surface area contributed by atoms with Crippen LogP contribution in [0.3, 0.4) is 0 Å². The van der Waals surface area contributed by atoms with Crippen LogP contribution in [0.25, 0.3) is 49.5 Å². The van der Waals surface area contributed by atoms with Crippen LogP contribution in [0.2, 0.25) is 0 Å². The first-order valence-electron chi connectivity index (χ1n) is 17.8. The maximum absolute atomic E-state index is 10.9. The van der Waals surface area contributed by atoms with Crippen LogP contribution in [0.5, 0.6) is 0 Å². The van der Waals surface area contributed by atoms with Gasteiger partial charge in [0.15, 0.2) is 0 Å². The molecule has 262 valence electrons. The van der Waals surface area contributed by atoms with Gasteiger partial charge in [0.25, 0.3) is 0 Å². The minimum Gasteiger partial charge on any atom is -0.329 e. The van der Waals surface area contributed by atoms with Crippen molar-refractivity contribution in [1.82, 2.24) is 0 Å². The Morgan fingerprint density at radius 3 is 1.52 bits per heavy atom. The largest absolute Gasteiger partial charge is 0.329 e. The van der Waals surface area contributed by atoms with Crippen molar-refractivity contribution in [3.63, 3.8) is 0 Å². The molecule has 0 saturated carbocycles. The summed E-state index contributed by atoms with van der Waals surface area (Å²) >= 11 is 9.76. The lowest BCUT2D eigenvalue weighted by Gasteiger charge is -2.05. The van der Waals surface area contributed by atoms with Gasteiger partial charge in [-0.1, -0.05) is 67.5 Å². The van der Waals surface area contributed by atoms with E-state index in [4.69, 9.17) is 0 Å². The Balaban J connectivity index is 1.39.